The van der Waals surface area contributed by atoms with Crippen LogP contribution in [0, 0.1) is 0 Å². The number of carboxylic acid groups (broad SMARTS) is 1. The Balaban J connectivity index is 3.43. The van der Waals surface area contributed by atoms with Gasteiger partial charge in [-0.05, 0) is 19.1 Å². The lowest BCUT2D eigenvalue weighted by molar-refractivity contribution is -0.138. The van der Waals surface area contributed by atoms with Crippen LogP contribution in [0.1, 0.15) is 6.92 Å². The number of nitrogens with one attached hydrogen (secondary N) is 1. The fourth-order valence-corrected chi connectivity index (χ4v) is 4.12. The third-order valence-electron chi connectivity index (χ3n) is 2.38. The van der Waals surface area contributed by atoms with Crippen molar-refractivity contribution in [3.8, 4) is 0 Å². The van der Waals surface area contributed by atoms with Crippen LogP contribution < -0.4 is 4.72 Å². The van der Waals surface area contributed by atoms with Gasteiger partial charge in [0.2, 0.25) is 19.9 Å². The number of aliphatic carboxylic acids is 1. The van der Waals surface area contributed by atoms with Crippen molar-refractivity contribution in [2.45, 2.75) is 28.5 Å². The van der Waals surface area contributed by atoms with E-state index in [1.165, 1.54) is 0 Å². The molecule has 0 aromatic heterocycles. The molecule has 0 aliphatic heterocycles. The summed E-state index contributed by atoms with van der Waals surface area (Å²) in [6.45, 7) is 1.00. The molecular weight excluding hydrogens is 332 g/mol. The molecule has 1 aromatic carbocycles. The molecule has 0 aliphatic carbocycles. The summed E-state index contributed by atoms with van der Waals surface area (Å²) >= 11 is 0. The van der Waals surface area contributed by atoms with E-state index in [0.717, 1.165) is 25.1 Å². The van der Waals surface area contributed by atoms with Crippen molar-refractivity contribution >= 4 is 25.8 Å². The van der Waals surface area contributed by atoms with Crippen LogP contribution in [-0.4, -0.2) is 39.7 Å². The number of carboxylic acids is 1. The summed E-state index contributed by atoms with van der Waals surface area (Å²) < 4.78 is 73.6. The van der Waals surface area contributed by atoms with Crippen LogP contribution in [0.25, 0.3) is 0 Å². The van der Waals surface area contributed by atoms with Gasteiger partial charge in [0, 0.05) is 0 Å². The molecule has 7 nitrogen and oxygen atoms in total. The monoisotopic (exact) mass is 343 g/mol. The van der Waals surface area contributed by atoms with E-state index in [-0.39, 0.29) is 0 Å². The summed E-state index contributed by atoms with van der Waals surface area (Å²) in [6.07, 6.45) is 0. The van der Waals surface area contributed by atoms with Crippen LogP contribution in [-0.2, 0) is 24.7 Å². The number of sulfonamides is 1. The molecule has 0 heterocycles. The third kappa shape index (κ3) is 3.74. The molecule has 1 rings (SSSR count). The summed E-state index contributed by atoms with van der Waals surface area (Å²) in [6, 6.07) is 2.16. The van der Waals surface area contributed by atoms with Gasteiger partial charge in [-0.1, -0.05) is 12.1 Å². The molecule has 21 heavy (non-hydrogen) atoms. The molecule has 1 atom stereocenters. The molecule has 0 aliphatic rings. The molecule has 2 N–H and O–H groups in total. The lowest BCUT2D eigenvalue weighted by atomic mass is 10.4. The second-order valence-electron chi connectivity index (χ2n) is 3.93. The highest BCUT2D eigenvalue weighted by Crippen LogP contribution is 2.25. The van der Waals surface area contributed by atoms with Crippen molar-refractivity contribution in [1.82, 2.24) is 4.72 Å². The largest absolute Gasteiger partial charge is 0.480 e. The maximum atomic E-state index is 12.6. The topological polar surface area (TPSA) is 118 Å². The average molecular weight is 343 g/mol. The number of alkyl halides is 2. The van der Waals surface area contributed by atoms with Gasteiger partial charge < -0.3 is 5.11 Å². The van der Waals surface area contributed by atoms with Crippen molar-refractivity contribution in [2.75, 3.05) is 0 Å². The first kappa shape index (κ1) is 17.5. The minimum absolute atomic E-state index is 0.710. The van der Waals surface area contributed by atoms with Crippen LogP contribution in [0.15, 0.2) is 34.1 Å². The normalized spacial score (nSPS) is 14.1. The molecule has 0 spiro atoms. The Kier molecular flexibility index (Phi) is 5.02. The van der Waals surface area contributed by atoms with E-state index >= 15 is 0 Å². The molecule has 11 heteroatoms. The van der Waals surface area contributed by atoms with Crippen LogP contribution in [0.3, 0.4) is 0 Å². The van der Waals surface area contributed by atoms with Crippen molar-refractivity contribution in [3.05, 3.63) is 24.3 Å². The molecule has 0 fully saturated rings. The summed E-state index contributed by atoms with van der Waals surface area (Å²) in [5.74, 6) is -5.31. The molecule has 1 aromatic rings. The maximum absolute atomic E-state index is 12.6. The molecule has 0 saturated carbocycles. The number of sulfone groups is 1. The zero-order valence-electron chi connectivity index (χ0n) is 10.5. The van der Waals surface area contributed by atoms with E-state index in [9.17, 15) is 30.4 Å². The van der Waals surface area contributed by atoms with E-state index in [4.69, 9.17) is 5.11 Å². The minimum atomic E-state index is -5.15. The zero-order valence-corrected chi connectivity index (χ0v) is 12.2. The van der Waals surface area contributed by atoms with E-state index < -0.39 is 47.4 Å². The van der Waals surface area contributed by atoms with Crippen molar-refractivity contribution in [1.29, 1.82) is 0 Å². The van der Waals surface area contributed by atoms with Crippen LogP contribution in [0.5, 0.6) is 0 Å². The molecule has 0 saturated heterocycles. The van der Waals surface area contributed by atoms with E-state index in [0.29, 0.717) is 6.07 Å². The maximum Gasteiger partial charge on any atom is 0.341 e. The van der Waals surface area contributed by atoms with Gasteiger partial charge in [0.25, 0.3) is 0 Å². The van der Waals surface area contributed by atoms with E-state index in [1.807, 2.05) is 0 Å². The van der Waals surface area contributed by atoms with Crippen molar-refractivity contribution in [2.24, 2.45) is 0 Å². The molecule has 0 bridgehead atoms. The van der Waals surface area contributed by atoms with E-state index in [2.05, 4.69) is 0 Å². The number of hydrogen-bond donors (Lipinski definition) is 2. The number of rotatable bonds is 6. The zero-order chi connectivity index (χ0) is 16.4. The van der Waals surface area contributed by atoms with Gasteiger partial charge in [-0.3, -0.25) is 4.79 Å². The Morgan fingerprint density at radius 1 is 1.14 bits per heavy atom. The van der Waals surface area contributed by atoms with E-state index in [1.54, 1.807) is 4.72 Å². The molecular formula is C10H11F2NO6S2. The predicted octanol–water partition coefficient (Wildman–Crippen LogP) is 0.434. The molecule has 118 valence electrons. The van der Waals surface area contributed by atoms with Gasteiger partial charge in [-0.2, -0.15) is 13.5 Å². The van der Waals surface area contributed by atoms with Crippen LogP contribution >= 0.6 is 0 Å². The second-order valence-corrected chi connectivity index (χ2v) is 7.50. The van der Waals surface area contributed by atoms with Gasteiger partial charge in [0.05, 0.1) is 4.90 Å². The highest BCUT2D eigenvalue weighted by atomic mass is 32.2. The summed E-state index contributed by atoms with van der Waals surface area (Å²) in [7, 11) is -9.74. The summed E-state index contributed by atoms with van der Waals surface area (Å²) in [5.41, 5.74) is 0. The first-order valence-electron chi connectivity index (χ1n) is 5.36. The molecule has 0 unspecified atom stereocenters. The lowest BCUT2D eigenvalue weighted by Crippen LogP contribution is -2.38. The standard InChI is InChI=1S/C10H11F2NO6S2/c1-6(9(14)15)13-21(18,19)8-5-3-2-4-7(8)20(16,17)10(11)12/h2-6,10,13H,1H3,(H,14,15)/t6-/m0/s1. The number of halogens is 2. The molecule has 0 radical (unpaired) electrons. The Bertz CT molecular complexity index is 745. The second kappa shape index (κ2) is 6.03. The fourth-order valence-electron chi connectivity index (χ4n) is 1.35. The van der Waals surface area contributed by atoms with Crippen molar-refractivity contribution < 1.29 is 35.5 Å². The van der Waals surface area contributed by atoms with Gasteiger partial charge >= 0.3 is 11.7 Å². The number of benzene rings is 1. The van der Waals surface area contributed by atoms with Gasteiger partial charge in [-0.15, -0.1) is 0 Å². The first-order chi connectivity index (χ1) is 9.50. The quantitative estimate of drug-likeness (QED) is 0.774. The van der Waals surface area contributed by atoms with Crippen LogP contribution in [0.4, 0.5) is 8.78 Å². The Morgan fingerprint density at radius 2 is 1.62 bits per heavy atom. The van der Waals surface area contributed by atoms with Gasteiger partial charge in [0.15, 0.2) is 0 Å². The summed E-state index contributed by atoms with van der Waals surface area (Å²) in [4.78, 5) is 8.61. The number of hydrogen-bond acceptors (Lipinski definition) is 5. The Morgan fingerprint density at radius 3 is 2.05 bits per heavy atom. The number of carbonyl (C=O) groups is 1. The third-order valence-corrected chi connectivity index (χ3v) is 5.55. The predicted molar refractivity (Wildman–Crippen MR) is 67.1 cm³/mol. The van der Waals surface area contributed by atoms with Gasteiger partial charge in [0.1, 0.15) is 10.9 Å². The Labute approximate surface area is 119 Å². The smallest absolute Gasteiger partial charge is 0.341 e. The molecule has 0 amide bonds. The fraction of sp³-hybridized carbons (Fsp3) is 0.300. The highest BCUT2D eigenvalue weighted by Gasteiger charge is 2.34. The Hall–Kier alpha value is -1.59. The SMILES string of the molecule is C[C@H](NS(=O)(=O)c1ccccc1S(=O)(=O)C(F)F)C(=O)O. The van der Waals surface area contributed by atoms with Crippen LogP contribution in [0.2, 0.25) is 0 Å². The van der Waals surface area contributed by atoms with Gasteiger partial charge in [-0.25, -0.2) is 16.8 Å². The lowest BCUT2D eigenvalue weighted by Gasteiger charge is -2.13. The summed E-state index contributed by atoms with van der Waals surface area (Å²) in [5, 5.41) is 8.64. The average Bonchev–Trinajstić information content (AvgIpc) is 2.37. The minimum Gasteiger partial charge on any atom is -0.480 e. The highest BCUT2D eigenvalue weighted by molar-refractivity contribution is 7.94. The van der Waals surface area contributed by atoms with Crippen molar-refractivity contribution in [3.63, 3.8) is 0 Å². The first-order valence-corrected chi connectivity index (χ1v) is 8.39.